The molecular formula is C14H18N2O3S. The van der Waals surface area contributed by atoms with E-state index in [0.29, 0.717) is 25.8 Å². The molecule has 2 N–H and O–H groups in total. The molecule has 0 bridgehead atoms. The summed E-state index contributed by atoms with van der Waals surface area (Å²) in [7, 11) is 0. The Bertz CT molecular complexity index is 524. The Morgan fingerprint density at radius 3 is 2.70 bits per heavy atom. The summed E-state index contributed by atoms with van der Waals surface area (Å²) in [5, 5.41) is 14.9. The Balaban J connectivity index is 1.84. The normalized spacial score (nSPS) is 21.6. The number of carboxylic acids is 1. The van der Waals surface area contributed by atoms with E-state index < -0.39 is 17.8 Å². The number of nitrogens with one attached hydrogen (secondary N) is 1. The Labute approximate surface area is 121 Å². The molecule has 1 aromatic heterocycles. The van der Waals surface area contributed by atoms with Crippen molar-refractivity contribution >= 4 is 23.2 Å². The lowest BCUT2D eigenvalue weighted by Gasteiger charge is -2.24. The molecule has 2 atom stereocenters. The fraction of sp³-hybridized carbons (Fsp3) is 0.500. The maximum atomic E-state index is 12.1. The van der Waals surface area contributed by atoms with Crippen LogP contribution < -0.4 is 5.32 Å². The van der Waals surface area contributed by atoms with Gasteiger partial charge in [-0.25, -0.2) is 4.98 Å². The van der Waals surface area contributed by atoms with Crippen LogP contribution in [0, 0.1) is 18.8 Å². The Hall–Kier alpha value is -1.69. The fourth-order valence-corrected chi connectivity index (χ4v) is 3.09. The van der Waals surface area contributed by atoms with Crippen LogP contribution in [-0.2, 0) is 16.0 Å². The molecule has 1 aliphatic rings. The first-order chi connectivity index (χ1) is 9.58. The molecule has 5 nitrogen and oxygen atoms in total. The number of amides is 1. The van der Waals surface area contributed by atoms with Gasteiger partial charge in [0.15, 0.2) is 0 Å². The van der Waals surface area contributed by atoms with Gasteiger partial charge in [-0.15, -0.1) is 11.3 Å². The van der Waals surface area contributed by atoms with Gasteiger partial charge < -0.3 is 10.4 Å². The smallest absolute Gasteiger partial charge is 0.307 e. The number of hydrogen-bond acceptors (Lipinski definition) is 4. The van der Waals surface area contributed by atoms with Gasteiger partial charge in [0, 0.05) is 24.0 Å². The summed E-state index contributed by atoms with van der Waals surface area (Å²) in [6.07, 6.45) is 5.33. The lowest BCUT2D eigenvalue weighted by atomic mass is 9.82. The lowest BCUT2D eigenvalue weighted by Crippen LogP contribution is -2.39. The van der Waals surface area contributed by atoms with Crippen LogP contribution in [0.5, 0.6) is 0 Å². The SMILES string of the molecule is Cc1csc(CCNC(=O)C2CC=CCC2C(=O)O)n1. The van der Waals surface area contributed by atoms with Crippen molar-refractivity contribution in [2.24, 2.45) is 11.8 Å². The average molecular weight is 294 g/mol. The summed E-state index contributed by atoms with van der Waals surface area (Å²) in [6, 6.07) is 0. The van der Waals surface area contributed by atoms with Gasteiger partial charge in [-0.05, 0) is 19.8 Å². The highest BCUT2D eigenvalue weighted by molar-refractivity contribution is 7.09. The summed E-state index contributed by atoms with van der Waals surface area (Å²) in [6.45, 7) is 2.43. The second-order valence-electron chi connectivity index (χ2n) is 4.92. The zero-order valence-corrected chi connectivity index (χ0v) is 12.2. The van der Waals surface area contributed by atoms with Crippen molar-refractivity contribution < 1.29 is 14.7 Å². The molecule has 0 spiro atoms. The molecule has 0 saturated heterocycles. The third-order valence-corrected chi connectivity index (χ3v) is 4.42. The largest absolute Gasteiger partial charge is 0.481 e. The van der Waals surface area contributed by atoms with Crippen molar-refractivity contribution in [3.8, 4) is 0 Å². The number of carboxylic acid groups (broad SMARTS) is 1. The number of carbonyl (C=O) groups excluding carboxylic acids is 1. The van der Waals surface area contributed by atoms with Crippen LogP contribution >= 0.6 is 11.3 Å². The minimum Gasteiger partial charge on any atom is -0.481 e. The van der Waals surface area contributed by atoms with E-state index >= 15 is 0 Å². The summed E-state index contributed by atoms with van der Waals surface area (Å²) in [4.78, 5) is 27.6. The Kier molecular flexibility index (Phi) is 4.89. The topological polar surface area (TPSA) is 79.3 Å². The van der Waals surface area contributed by atoms with Crippen LogP contribution in [-0.4, -0.2) is 28.5 Å². The average Bonchev–Trinajstić information content (AvgIpc) is 2.84. The number of aliphatic carboxylic acids is 1. The molecule has 2 rings (SSSR count). The van der Waals surface area contributed by atoms with Crippen LogP contribution in [0.15, 0.2) is 17.5 Å². The van der Waals surface area contributed by atoms with Gasteiger partial charge in [-0.2, -0.15) is 0 Å². The standard InChI is InChI=1S/C14H18N2O3S/c1-9-8-20-12(16-9)6-7-15-13(17)10-4-2-3-5-11(10)14(18)19/h2-3,8,10-11H,4-7H2,1H3,(H,15,17)(H,18,19). The highest BCUT2D eigenvalue weighted by Crippen LogP contribution is 2.26. The zero-order valence-electron chi connectivity index (χ0n) is 11.3. The van der Waals surface area contributed by atoms with Gasteiger partial charge in [0.2, 0.25) is 5.91 Å². The molecule has 0 fully saturated rings. The minimum absolute atomic E-state index is 0.171. The molecule has 6 heteroatoms. The van der Waals surface area contributed by atoms with Gasteiger partial charge >= 0.3 is 5.97 Å². The summed E-state index contributed by atoms with van der Waals surface area (Å²) in [5.41, 5.74) is 0.986. The predicted molar refractivity (Wildman–Crippen MR) is 76.6 cm³/mol. The van der Waals surface area contributed by atoms with Crippen LogP contribution in [0.2, 0.25) is 0 Å². The molecule has 0 radical (unpaired) electrons. The van der Waals surface area contributed by atoms with E-state index in [0.717, 1.165) is 10.7 Å². The fourth-order valence-electron chi connectivity index (χ4n) is 2.32. The highest BCUT2D eigenvalue weighted by atomic mass is 32.1. The van der Waals surface area contributed by atoms with Crippen LogP contribution in [0.1, 0.15) is 23.5 Å². The number of aromatic nitrogens is 1. The van der Waals surface area contributed by atoms with Crippen LogP contribution in [0.3, 0.4) is 0 Å². The molecule has 108 valence electrons. The Morgan fingerprint density at radius 1 is 1.40 bits per heavy atom. The van der Waals surface area contributed by atoms with Crippen molar-refractivity contribution in [3.05, 3.63) is 28.2 Å². The van der Waals surface area contributed by atoms with Crippen LogP contribution in [0.4, 0.5) is 0 Å². The van der Waals surface area contributed by atoms with Gasteiger partial charge in [0.05, 0.1) is 16.8 Å². The number of carbonyl (C=O) groups is 2. The number of thiazole rings is 1. The summed E-state index contributed by atoms with van der Waals surface area (Å²) >= 11 is 1.57. The second-order valence-corrected chi connectivity index (χ2v) is 5.86. The molecule has 0 aromatic carbocycles. The third kappa shape index (κ3) is 3.66. The summed E-state index contributed by atoms with van der Waals surface area (Å²) < 4.78 is 0. The van der Waals surface area contributed by atoms with Crippen molar-refractivity contribution in [2.75, 3.05) is 6.54 Å². The molecule has 2 unspecified atom stereocenters. The number of rotatable bonds is 5. The van der Waals surface area contributed by atoms with E-state index in [1.807, 2.05) is 24.5 Å². The zero-order chi connectivity index (χ0) is 14.5. The van der Waals surface area contributed by atoms with Gasteiger partial charge in [0.25, 0.3) is 0 Å². The van der Waals surface area contributed by atoms with E-state index in [4.69, 9.17) is 5.11 Å². The molecular weight excluding hydrogens is 276 g/mol. The molecule has 1 aliphatic carbocycles. The van der Waals surface area contributed by atoms with E-state index in [2.05, 4.69) is 10.3 Å². The predicted octanol–water partition coefficient (Wildman–Crippen LogP) is 1.78. The second kappa shape index (κ2) is 6.65. The number of nitrogens with zero attached hydrogens (tertiary/aromatic N) is 1. The maximum absolute atomic E-state index is 12.1. The minimum atomic E-state index is -0.898. The van der Waals surface area contributed by atoms with E-state index in [-0.39, 0.29) is 5.91 Å². The van der Waals surface area contributed by atoms with Crippen molar-refractivity contribution in [1.29, 1.82) is 0 Å². The van der Waals surface area contributed by atoms with Gasteiger partial charge in [0.1, 0.15) is 0 Å². The molecule has 1 heterocycles. The van der Waals surface area contributed by atoms with Crippen molar-refractivity contribution in [1.82, 2.24) is 10.3 Å². The molecule has 0 saturated carbocycles. The molecule has 1 amide bonds. The number of hydrogen-bond donors (Lipinski definition) is 2. The maximum Gasteiger partial charge on any atom is 0.307 e. The molecule has 1 aromatic rings. The lowest BCUT2D eigenvalue weighted by molar-refractivity contribution is -0.147. The molecule has 20 heavy (non-hydrogen) atoms. The van der Waals surface area contributed by atoms with E-state index in [9.17, 15) is 9.59 Å². The van der Waals surface area contributed by atoms with Gasteiger partial charge in [-0.3, -0.25) is 9.59 Å². The van der Waals surface area contributed by atoms with E-state index in [1.54, 1.807) is 11.3 Å². The summed E-state index contributed by atoms with van der Waals surface area (Å²) in [5.74, 6) is -2.14. The highest BCUT2D eigenvalue weighted by Gasteiger charge is 2.33. The van der Waals surface area contributed by atoms with Crippen LogP contribution in [0.25, 0.3) is 0 Å². The van der Waals surface area contributed by atoms with Crippen molar-refractivity contribution in [3.63, 3.8) is 0 Å². The molecule has 0 aliphatic heterocycles. The monoisotopic (exact) mass is 294 g/mol. The third-order valence-electron chi connectivity index (χ3n) is 3.39. The first-order valence-corrected chi connectivity index (χ1v) is 7.52. The van der Waals surface area contributed by atoms with Gasteiger partial charge in [-0.1, -0.05) is 12.2 Å². The van der Waals surface area contributed by atoms with E-state index in [1.165, 1.54) is 0 Å². The quantitative estimate of drug-likeness (QED) is 0.811. The number of aryl methyl sites for hydroxylation is 1. The first kappa shape index (κ1) is 14.7. The Morgan fingerprint density at radius 2 is 2.10 bits per heavy atom. The number of allylic oxidation sites excluding steroid dienone is 2. The van der Waals surface area contributed by atoms with Crippen molar-refractivity contribution in [2.45, 2.75) is 26.2 Å². The first-order valence-electron chi connectivity index (χ1n) is 6.64.